The van der Waals surface area contributed by atoms with Gasteiger partial charge in [-0.25, -0.2) is 9.97 Å². The summed E-state index contributed by atoms with van der Waals surface area (Å²) in [5.74, 6) is 1.87. The van der Waals surface area contributed by atoms with Gasteiger partial charge in [0.05, 0.1) is 19.2 Å². The molecule has 0 aliphatic carbocycles. The third-order valence-electron chi connectivity index (χ3n) is 5.26. The van der Waals surface area contributed by atoms with Gasteiger partial charge < -0.3 is 14.5 Å². The van der Waals surface area contributed by atoms with E-state index in [0.717, 1.165) is 46.0 Å². The first-order chi connectivity index (χ1) is 14.6. The Balaban J connectivity index is 1.37. The van der Waals surface area contributed by atoms with Crippen LogP contribution >= 0.6 is 15.9 Å². The molecule has 1 saturated heterocycles. The lowest BCUT2D eigenvalue weighted by Crippen LogP contribution is -2.49. The second kappa shape index (κ2) is 9.26. The number of rotatable bonds is 5. The third-order valence-corrected chi connectivity index (χ3v) is 5.79. The lowest BCUT2D eigenvalue weighted by Gasteiger charge is -2.35. The molecule has 4 rings (SSSR count). The van der Waals surface area contributed by atoms with E-state index in [9.17, 15) is 4.79 Å². The summed E-state index contributed by atoms with van der Waals surface area (Å²) >= 11 is 3.43. The van der Waals surface area contributed by atoms with Gasteiger partial charge in [0.2, 0.25) is 5.91 Å². The zero-order chi connectivity index (χ0) is 20.9. The predicted molar refractivity (Wildman–Crippen MR) is 121 cm³/mol. The van der Waals surface area contributed by atoms with E-state index in [1.54, 1.807) is 13.4 Å². The van der Waals surface area contributed by atoms with Crippen LogP contribution < -0.4 is 9.64 Å². The Morgan fingerprint density at radius 1 is 1.00 bits per heavy atom. The van der Waals surface area contributed by atoms with Gasteiger partial charge in [0.25, 0.3) is 0 Å². The Bertz CT molecular complexity index is 1000. The largest absolute Gasteiger partial charge is 0.497 e. The maximum atomic E-state index is 12.6. The van der Waals surface area contributed by atoms with Crippen LogP contribution in [-0.4, -0.2) is 54.1 Å². The normalized spacial score (nSPS) is 13.9. The molecule has 0 unspecified atom stereocenters. The monoisotopic (exact) mass is 466 g/mol. The molecule has 1 fully saturated rings. The summed E-state index contributed by atoms with van der Waals surface area (Å²) in [4.78, 5) is 25.6. The number of piperazine rings is 1. The first kappa shape index (κ1) is 20.3. The summed E-state index contributed by atoms with van der Waals surface area (Å²) < 4.78 is 6.24. The Morgan fingerprint density at radius 3 is 2.37 bits per heavy atom. The van der Waals surface area contributed by atoms with Crippen molar-refractivity contribution in [2.75, 3.05) is 38.2 Å². The van der Waals surface area contributed by atoms with Gasteiger partial charge in [-0.1, -0.05) is 28.1 Å². The Kier molecular flexibility index (Phi) is 6.28. The van der Waals surface area contributed by atoms with Gasteiger partial charge in [0, 0.05) is 42.3 Å². The van der Waals surface area contributed by atoms with E-state index in [0.29, 0.717) is 19.5 Å². The zero-order valence-corrected chi connectivity index (χ0v) is 18.4. The van der Waals surface area contributed by atoms with Crippen LogP contribution in [0.25, 0.3) is 11.3 Å². The highest BCUT2D eigenvalue weighted by Gasteiger charge is 2.22. The first-order valence-corrected chi connectivity index (χ1v) is 10.7. The van der Waals surface area contributed by atoms with Crippen molar-refractivity contribution in [3.63, 3.8) is 0 Å². The molecule has 2 heterocycles. The summed E-state index contributed by atoms with van der Waals surface area (Å²) in [6.07, 6.45) is 2.03. The molecule has 6 nitrogen and oxygen atoms in total. The van der Waals surface area contributed by atoms with Gasteiger partial charge in [0.15, 0.2) is 0 Å². The molecule has 0 radical (unpaired) electrons. The highest BCUT2D eigenvalue weighted by Crippen LogP contribution is 2.24. The van der Waals surface area contributed by atoms with Crippen LogP contribution in [0.4, 0.5) is 5.82 Å². The maximum Gasteiger partial charge on any atom is 0.227 e. The van der Waals surface area contributed by atoms with Crippen LogP contribution in [0.2, 0.25) is 0 Å². The van der Waals surface area contributed by atoms with E-state index in [1.807, 2.05) is 59.5 Å². The molecule has 2 aromatic carbocycles. The summed E-state index contributed by atoms with van der Waals surface area (Å²) in [5, 5.41) is 0. The van der Waals surface area contributed by atoms with Crippen molar-refractivity contribution in [2.24, 2.45) is 0 Å². The molecule has 1 aliphatic heterocycles. The average Bonchev–Trinajstić information content (AvgIpc) is 2.81. The topological polar surface area (TPSA) is 58.6 Å². The summed E-state index contributed by atoms with van der Waals surface area (Å²) in [6.45, 7) is 2.89. The highest BCUT2D eigenvalue weighted by atomic mass is 79.9. The van der Waals surface area contributed by atoms with E-state index in [2.05, 4.69) is 30.8 Å². The fourth-order valence-corrected chi connectivity index (χ4v) is 3.78. The smallest absolute Gasteiger partial charge is 0.227 e. The predicted octanol–water partition coefficient (Wildman–Crippen LogP) is 3.81. The second-order valence-corrected chi connectivity index (χ2v) is 8.08. The van der Waals surface area contributed by atoms with Crippen molar-refractivity contribution in [1.82, 2.24) is 14.9 Å². The number of hydrogen-bond donors (Lipinski definition) is 0. The number of benzene rings is 2. The number of hydrogen-bond acceptors (Lipinski definition) is 5. The Hall–Kier alpha value is -2.93. The second-order valence-electron chi connectivity index (χ2n) is 7.16. The molecule has 0 N–H and O–H groups in total. The number of aromatic nitrogens is 2. The fourth-order valence-electron chi connectivity index (χ4n) is 3.51. The standard InChI is InChI=1S/C23H23BrN4O2/c1-30-20-8-4-18(5-9-20)21-15-22(26-16-25-21)27-10-12-28(13-11-27)23(29)14-17-2-6-19(24)7-3-17/h2-9,15-16H,10-14H2,1H3. The van der Waals surface area contributed by atoms with Gasteiger partial charge in [-0.3, -0.25) is 4.79 Å². The van der Waals surface area contributed by atoms with Crippen LogP contribution in [0.5, 0.6) is 5.75 Å². The minimum absolute atomic E-state index is 0.165. The van der Waals surface area contributed by atoms with Crippen LogP contribution in [0.3, 0.4) is 0 Å². The summed E-state index contributed by atoms with van der Waals surface area (Å²) in [7, 11) is 1.65. The number of ether oxygens (including phenoxy) is 1. The Morgan fingerprint density at radius 2 is 1.70 bits per heavy atom. The van der Waals surface area contributed by atoms with Crippen LogP contribution in [-0.2, 0) is 11.2 Å². The molecular formula is C23H23BrN4O2. The molecule has 3 aromatic rings. The lowest BCUT2D eigenvalue weighted by molar-refractivity contribution is -0.130. The van der Waals surface area contributed by atoms with Crippen LogP contribution in [0, 0.1) is 0 Å². The molecule has 30 heavy (non-hydrogen) atoms. The number of halogens is 1. The summed E-state index contributed by atoms with van der Waals surface area (Å²) in [6, 6.07) is 17.7. The SMILES string of the molecule is COc1ccc(-c2cc(N3CCN(C(=O)Cc4ccc(Br)cc4)CC3)ncn2)cc1. The number of carbonyl (C=O) groups is 1. The average molecular weight is 467 g/mol. The van der Waals surface area contributed by atoms with E-state index in [-0.39, 0.29) is 5.91 Å². The van der Waals surface area contributed by atoms with Crippen molar-refractivity contribution >= 4 is 27.7 Å². The molecular weight excluding hydrogens is 444 g/mol. The van der Waals surface area contributed by atoms with Gasteiger partial charge in [-0.15, -0.1) is 0 Å². The molecule has 1 aromatic heterocycles. The van der Waals surface area contributed by atoms with Crippen LogP contribution in [0.15, 0.2) is 65.4 Å². The lowest BCUT2D eigenvalue weighted by atomic mass is 10.1. The van der Waals surface area contributed by atoms with Gasteiger partial charge in [-0.05, 0) is 42.0 Å². The number of carbonyl (C=O) groups excluding carboxylic acids is 1. The quantitative estimate of drug-likeness (QED) is 0.572. The van der Waals surface area contributed by atoms with Crippen molar-refractivity contribution in [3.8, 4) is 17.0 Å². The minimum atomic E-state index is 0.165. The maximum absolute atomic E-state index is 12.6. The highest BCUT2D eigenvalue weighted by molar-refractivity contribution is 9.10. The number of nitrogens with zero attached hydrogens (tertiary/aromatic N) is 4. The number of methoxy groups -OCH3 is 1. The van der Waals surface area contributed by atoms with E-state index in [1.165, 1.54) is 0 Å². The van der Waals surface area contributed by atoms with E-state index >= 15 is 0 Å². The third kappa shape index (κ3) is 4.79. The molecule has 0 spiro atoms. The van der Waals surface area contributed by atoms with Crippen molar-refractivity contribution < 1.29 is 9.53 Å². The molecule has 0 saturated carbocycles. The Labute approximate surface area is 184 Å². The fraction of sp³-hybridized carbons (Fsp3) is 0.261. The minimum Gasteiger partial charge on any atom is -0.497 e. The molecule has 7 heteroatoms. The molecule has 0 atom stereocenters. The van der Waals surface area contributed by atoms with Crippen molar-refractivity contribution in [3.05, 3.63) is 71.0 Å². The summed E-state index contributed by atoms with van der Waals surface area (Å²) in [5.41, 5.74) is 2.92. The molecule has 154 valence electrons. The van der Waals surface area contributed by atoms with E-state index < -0.39 is 0 Å². The number of amides is 1. The molecule has 0 bridgehead atoms. The zero-order valence-electron chi connectivity index (χ0n) is 16.8. The molecule has 1 amide bonds. The first-order valence-electron chi connectivity index (χ1n) is 9.86. The van der Waals surface area contributed by atoms with Crippen molar-refractivity contribution in [2.45, 2.75) is 6.42 Å². The van der Waals surface area contributed by atoms with Gasteiger partial charge in [0.1, 0.15) is 17.9 Å². The number of anilines is 1. The van der Waals surface area contributed by atoms with E-state index in [4.69, 9.17) is 4.74 Å². The van der Waals surface area contributed by atoms with Gasteiger partial charge >= 0.3 is 0 Å². The molecule has 1 aliphatic rings. The van der Waals surface area contributed by atoms with Crippen molar-refractivity contribution in [1.29, 1.82) is 0 Å². The van der Waals surface area contributed by atoms with Crippen LogP contribution in [0.1, 0.15) is 5.56 Å². The van der Waals surface area contributed by atoms with Gasteiger partial charge in [-0.2, -0.15) is 0 Å².